The van der Waals surface area contributed by atoms with Crippen LogP contribution in [0, 0.1) is 11.8 Å². The first-order valence-electron chi connectivity index (χ1n) is 35.2. The minimum atomic E-state index is -1.79. The Labute approximate surface area is 575 Å². The van der Waals surface area contributed by atoms with Crippen LogP contribution in [0.25, 0.3) is 0 Å². The van der Waals surface area contributed by atoms with Crippen LogP contribution in [-0.4, -0.2) is 266 Å². The van der Waals surface area contributed by atoms with Gasteiger partial charge in [-0.15, -0.1) is 0 Å². The Morgan fingerprint density at radius 2 is 1.01 bits per heavy atom. The maximum Gasteiger partial charge on any atom is 0.138 e. The Hall–Kier alpha value is -3.33. The molecule has 97 heavy (non-hydrogen) atoms. The third-order valence-electron chi connectivity index (χ3n) is 18.5. The van der Waals surface area contributed by atoms with Gasteiger partial charge in [0, 0.05) is 32.1 Å². The van der Waals surface area contributed by atoms with E-state index in [0.29, 0.717) is 82.6 Å². The quantitative estimate of drug-likeness (QED) is 0.0236. The summed E-state index contributed by atoms with van der Waals surface area (Å²) in [6.45, 7) is 12.2. The molecule has 2 aliphatic heterocycles. The summed E-state index contributed by atoms with van der Waals surface area (Å²) in [6, 6.07) is 0. The predicted octanol–water partition coefficient (Wildman–Crippen LogP) is 2.18. The van der Waals surface area contributed by atoms with E-state index in [1.54, 1.807) is 26.0 Å². The molecule has 24 nitrogen and oxygen atoms in total. The van der Waals surface area contributed by atoms with Gasteiger partial charge in [0.15, 0.2) is 0 Å². The van der Waals surface area contributed by atoms with Gasteiger partial charge in [0.2, 0.25) is 0 Å². The summed E-state index contributed by atoms with van der Waals surface area (Å²) in [4.78, 5) is 12.5. The maximum absolute atomic E-state index is 12.5. The SMILES string of the molecule is C=C/C=C/CC/C=C/C=C/C=C/CC/C=C/C(O)C(O)C1OC(C(O)C(O)C(=C)CCCCC(O)C2CC(O)C(O)C(C(O)C(O)/C=C(\C)CCC(O)CC(O)C(O)C(C)CC(O)C(O)CC(C)CCC(O)CC(=O)CC(O)CCCC(O)CCCCC(O)CO)O2)CC(O)C1O. The smallest absolute Gasteiger partial charge is 0.138 e. The molecule has 0 aliphatic carbocycles. The van der Waals surface area contributed by atoms with Crippen LogP contribution >= 0.6 is 0 Å². The number of allylic oxidation sites excluding steroid dienone is 11. The molecule has 0 spiro atoms. The van der Waals surface area contributed by atoms with Gasteiger partial charge in [-0.05, 0) is 140 Å². The number of rotatable bonds is 53. The lowest BCUT2D eigenvalue weighted by Crippen LogP contribution is -2.59. The van der Waals surface area contributed by atoms with Crippen molar-refractivity contribution in [2.24, 2.45) is 11.8 Å². The fourth-order valence-corrected chi connectivity index (χ4v) is 12.2. The average molecular weight is 1390 g/mol. The first kappa shape index (κ1) is 89.8. The van der Waals surface area contributed by atoms with E-state index < -0.39 is 152 Å². The molecule has 2 aliphatic rings. The van der Waals surface area contributed by atoms with E-state index in [1.807, 2.05) is 49.5 Å². The molecule has 0 bridgehead atoms. The number of ether oxygens (including phenoxy) is 2. The number of aliphatic hydroxyl groups is 21. The monoisotopic (exact) mass is 1390 g/mol. The van der Waals surface area contributed by atoms with Crippen molar-refractivity contribution in [1.29, 1.82) is 0 Å². The molecule has 2 fully saturated rings. The molecule has 2 heterocycles. The van der Waals surface area contributed by atoms with Gasteiger partial charge in [0.05, 0.1) is 92.1 Å². The molecule has 0 saturated carbocycles. The van der Waals surface area contributed by atoms with Gasteiger partial charge in [-0.3, -0.25) is 4.79 Å². The molecular formula is C73H126O24. The Morgan fingerprint density at radius 3 is 1.61 bits per heavy atom. The highest BCUT2D eigenvalue weighted by Gasteiger charge is 2.47. The molecule has 0 radical (unpaired) electrons. The van der Waals surface area contributed by atoms with Crippen molar-refractivity contribution in [3.8, 4) is 0 Å². The highest BCUT2D eigenvalue weighted by atomic mass is 16.6. The second-order valence-corrected chi connectivity index (χ2v) is 27.4. The standard InChI is InChI=1S/C73H126O24/c1-6-7-8-9-10-11-12-13-14-15-16-17-18-19-31-56(82)67(91)72-70(94)62(88)43-64(97-72)71(95)66(90)47(4)25-20-23-30-55(81)63-42-61(87)69(93)73(96-63)68(92)59(85)37-46(3)33-35-52(78)41-60(86)65(89)48(5)38-58(84)57(83)36-45(2)32-34-51(77)40-54(80)39-50(76)29-24-28-49(75)26-21-22-27-53(79)44-74/h6-8,11-16,19,31,37,45,48-53,55-79,81-95H,1,4,9-10,17-18,20-30,32-36,38-44H2,2-3,5H3/b8-7+,12-11+,14-13+,16-15+,31-19+,46-37+. The highest BCUT2D eigenvalue weighted by molar-refractivity contribution is 5.79. The fraction of sp³-hybridized carbons (Fsp3) is 0.767. The molecule has 0 aromatic heterocycles. The zero-order valence-corrected chi connectivity index (χ0v) is 57.6. The van der Waals surface area contributed by atoms with Crippen LogP contribution < -0.4 is 0 Å². The summed E-state index contributed by atoms with van der Waals surface area (Å²) in [5, 5.41) is 224. The summed E-state index contributed by atoms with van der Waals surface area (Å²) in [5.74, 6) is -1.21. The van der Waals surface area contributed by atoms with Gasteiger partial charge in [0.25, 0.3) is 0 Å². The van der Waals surface area contributed by atoms with Crippen molar-refractivity contribution < 1.29 is 122 Å². The Balaban J connectivity index is 1.76. The van der Waals surface area contributed by atoms with Gasteiger partial charge in [-0.1, -0.05) is 125 Å². The van der Waals surface area contributed by atoms with Crippen molar-refractivity contribution in [2.75, 3.05) is 6.61 Å². The average Bonchev–Trinajstić information content (AvgIpc) is 0.817. The molecule has 0 aromatic carbocycles. The summed E-state index contributed by atoms with van der Waals surface area (Å²) >= 11 is 0. The number of aliphatic hydroxyl groups excluding tert-OH is 21. The van der Waals surface area contributed by atoms with Crippen LogP contribution in [0.1, 0.15) is 188 Å². The number of hydrogen-bond donors (Lipinski definition) is 21. The molecule has 21 N–H and O–H groups in total. The molecular weight excluding hydrogens is 1260 g/mol. The number of unbranched alkanes of at least 4 members (excludes halogenated alkanes) is 4. The van der Waals surface area contributed by atoms with Gasteiger partial charge in [-0.25, -0.2) is 0 Å². The maximum atomic E-state index is 12.5. The van der Waals surface area contributed by atoms with E-state index in [4.69, 9.17) is 14.6 Å². The van der Waals surface area contributed by atoms with E-state index >= 15 is 0 Å². The molecule has 26 unspecified atom stereocenters. The third-order valence-corrected chi connectivity index (χ3v) is 18.5. The van der Waals surface area contributed by atoms with Gasteiger partial charge in [0.1, 0.15) is 66.8 Å². The highest BCUT2D eigenvalue weighted by Crippen LogP contribution is 2.32. The Morgan fingerprint density at radius 1 is 0.505 bits per heavy atom. The van der Waals surface area contributed by atoms with E-state index in [0.717, 1.165) is 12.8 Å². The summed E-state index contributed by atoms with van der Waals surface area (Å²) in [6.07, 6.45) is -3.40. The van der Waals surface area contributed by atoms with Crippen molar-refractivity contribution in [1.82, 2.24) is 0 Å². The van der Waals surface area contributed by atoms with Gasteiger partial charge in [-0.2, -0.15) is 0 Å². The second kappa shape index (κ2) is 50.1. The van der Waals surface area contributed by atoms with Crippen LogP contribution in [-0.2, 0) is 14.3 Å². The zero-order chi connectivity index (χ0) is 72.7. The number of ketones is 1. The van der Waals surface area contributed by atoms with Crippen LogP contribution in [0.4, 0.5) is 0 Å². The zero-order valence-electron chi connectivity index (χ0n) is 57.6. The van der Waals surface area contributed by atoms with E-state index in [1.165, 1.54) is 12.2 Å². The second-order valence-electron chi connectivity index (χ2n) is 27.4. The Bertz CT molecular complexity index is 2300. The van der Waals surface area contributed by atoms with Crippen molar-refractivity contribution in [3.63, 3.8) is 0 Å². The molecule has 2 saturated heterocycles. The lowest BCUT2D eigenvalue weighted by molar-refractivity contribution is -0.233. The summed E-state index contributed by atoms with van der Waals surface area (Å²) in [5.41, 5.74) is 0.667. The largest absolute Gasteiger partial charge is 0.394 e. The first-order chi connectivity index (χ1) is 45.9. The number of Topliss-reactive ketones (excluding diaryl/α,β-unsaturated/α-hetero) is 1. The van der Waals surface area contributed by atoms with Crippen LogP contribution in [0.15, 0.2) is 97.2 Å². The predicted molar refractivity (Wildman–Crippen MR) is 367 cm³/mol. The minimum Gasteiger partial charge on any atom is -0.394 e. The fourth-order valence-electron chi connectivity index (χ4n) is 12.2. The summed E-state index contributed by atoms with van der Waals surface area (Å²) in [7, 11) is 0. The molecule has 24 heteroatoms. The topological polar surface area (TPSA) is 460 Å². The minimum absolute atomic E-state index is 0.0539. The van der Waals surface area contributed by atoms with Crippen LogP contribution in [0.5, 0.6) is 0 Å². The van der Waals surface area contributed by atoms with E-state index in [2.05, 4.69) is 19.2 Å². The van der Waals surface area contributed by atoms with E-state index in [9.17, 15) is 107 Å². The normalized spacial score (nSPS) is 26.5. The molecule has 26 atom stereocenters. The van der Waals surface area contributed by atoms with Gasteiger partial charge < -0.3 is 117 Å². The number of carbonyl (C=O) groups is 1. The van der Waals surface area contributed by atoms with Crippen molar-refractivity contribution in [2.45, 2.75) is 334 Å². The summed E-state index contributed by atoms with van der Waals surface area (Å²) < 4.78 is 11.7. The van der Waals surface area contributed by atoms with Crippen LogP contribution in [0.2, 0.25) is 0 Å². The Kier molecular flexibility index (Phi) is 46.4. The molecule has 562 valence electrons. The lowest BCUT2D eigenvalue weighted by Gasteiger charge is -2.42. The van der Waals surface area contributed by atoms with E-state index in [-0.39, 0.29) is 101 Å². The number of hydrogen-bond acceptors (Lipinski definition) is 24. The molecule has 2 rings (SSSR count). The molecule has 0 amide bonds. The van der Waals surface area contributed by atoms with Crippen LogP contribution in [0.3, 0.4) is 0 Å². The lowest BCUT2D eigenvalue weighted by atomic mass is 9.87. The van der Waals surface area contributed by atoms with Gasteiger partial charge >= 0.3 is 0 Å². The molecule has 0 aromatic rings. The number of carbonyl (C=O) groups excluding carboxylic acids is 1. The first-order valence-corrected chi connectivity index (χ1v) is 35.2. The van der Waals surface area contributed by atoms with Crippen molar-refractivity contribution >= 4 is 5.78 Å². The van der Waals surface area contributed by atoms with Crippen molar-refractivity contribution in [3.05, 3.63) is 97.2 Å². The third kappa shape index (κ3) is 36.4.